The molecule has 4 aromatic heterocycles. The molecule has 2 aliphatic heterocycles. The van der Waals surface area contributed by atoms with Crippen molar-refractivity contribution in [1.82, 2.24) is 34.1 Å². The summed E-state index contributed by atoms with van der Waals surface area (Å²) < 4.78 is 74.7. The number of nitrogen functional groups attached to an aromatic ring is 2. The number of aryl methyl sites for hydroxylation is 1. The van der Waals surface area contributed by atoms with Gasteiger partial charge in [-0.25, -0.2) is 23.0 Å². The molecule has 2 fully saturated rings. The molecule has 6 rings (SSSR count). The second kappa shape index (κ2) is 14.3. The second-order valence-corrected chi connectivity index (χ2v) is 16.1. The Balaban J connectivity index is 1.06. The highest BCUT2D eigenvalue weighted by Crippen LogP contribution is 2.66. The van der Waals surface area contributed by atoms with Crippen molar-refractivity contribution in [2.24, 2.45) is 7.05 Å². The van der Waals surface area contributed by atoms with Gasteiger partial charge in [0, 0.05) is 7.11 Å². The maximum atomic E-state index is 12.5. The standard InChI is InChI=1S/C22H31N10O18P3/c1-30-6-32(16-10(30)18(37)29-22(24)27-16)19-13(35)11(33)7(47-19)3-45-51(38,39)49-53(42,43)50-52(40,41)46-4-8-12(34)14(44-2)20(48-8)31-5-25-9-15(31)26-21(23)28-17(9)36/h5-8,11-14,19-20,33-35H,3-4H2,1-2H3,(H8-,23,24,26,27,28,29,36,37,38,39,40,41,42,43)/t7-,8-,11-,12-,13-,14-,19?,20-/m1/s1. The van der Waals surface area contributed by atoms with Crippen LogP contribution in [-0.2, 0) is 52.6 Å². The fourth-order valence-corrected chi connectivity index (χ4v) is 9.15. The Morgan fingerprint density at radius 2 is 1.58 bits per heavy atom. The summed E-state index contributed by atoms with van der Waals surface area (Å²) in [6, 6.07) is 0. The number of rotatable bonds is 13. The predicted octanol–water partition coefficient (Wildman–Crippen LogP) is -4.53. The first-order valence-electron chi connectivity index (χ1n) is 14.8. The van der Waals surface area contributed by atoms with E-state index < -0.39 is 96.9 Å². The molecule has 31 heteroatoms. The third-order valence-corrected chi connectivity index (χ3v) is 12.1. The molecule has 0 bridgehead atoms. The van der Waals surface area contributed by atoms with Crippen LogP contribution in [0.2, 0.25) is 0 Å². The van der Waals surface area contributed by atoms with Crippen LogP contribution in [0.15, 0.2) is 22.2 Å². The van der Waals surface area contributed by atoms with Gasteiger partial charge in [-0.3, -0.25) is 37.8 Å². The zero-order valence-corrected chi connectivity index (χ0v) is 29.6. The second-order valence-electron chi connectivity index (χ2n) is 11.5. The van der Waals surface area contributed by atoms with Gasteiger partial charge in [-0.1, -0.05) is 4.98 Å². The number of H-pyrrole nitrogens is 2. The molecule has 0 aromatic carbocycles. The number of phosphoric acid groups is 3. The number of hydrogen-bond acceptors (Lipinski definition) is 21. The Hall–Kier alpha value is -3.53. The number of aliphatic hydroxyl groups excluding tert-OH is 3. The highest BCUT2D eigenvalue weighted by Gasteiger charge is 2.49. The van der Waals surface area contributed by atoms with Gasteiger partial charge in [0.15, 0.2) is 23.7 Å². The number of nitrogens with one attached hydrogen (secondary N) is 2. The Bertz CT molecular complexity index is 2300. The maximum Gasteiger partial charge on any atom is 0.487 e. The summed E-state index contributed by atoms with van der Waals surface area (Å²) >= 11 is 0. The molecule has 0 saturated carbocycles. The van der Waals surface area contributed by atoms with Gasteiger partial charge in [0.2, 0.25) is 17.7 Å². The van der Waals surface area contributed by atoms with Crippen molar-refractivity contribution in [3.8, 4) is 0 Å². The van der Waals surface area contributed by atoms with E-state index in [1.807, 2.05) is 0 Å². The molecule has 4 aromatic rings. The summed E-state index contributed by atoms with van der Waals surface area (Å²) in [5.74, 6) is -0.551. The monoisotopic (exact) mass is 816 g/mol. The lowest BCUT2D eigenvalue weighted by atomic mass is 10.1. The Labute approximate surface area is 293 Å². The van der Waals surface area contributed by atoms with Crippen LogP contribution in [0, 0.1) is 0 Å². The van der Waals surface area contributed by atoms with Gasteiger partial charge in [-0.15, -0.1) is 0 Å². The normalized spacial score (nSPS) is 29.7. The van der Waals surface area contributed by atoms with E-state index >= 15 is 0 Å². The quantitative estimate of drug-likeness (QED) is 0.0453. The Kier molecular flexibility index (Phi) is 10.6. The number of fused-ring (bicyclic) bond motifs is 2. The predicted molar refractivity (Wildman–Crippen MR) is 166 cm³/mol. The molecule has 0 aliphatic carbocycles. The Morgan fingerprint density at radius 3 is 2.28 bits per heavy atom. The van der Waals surface area contributed by atoms with Crippen LogP contribution < -0.4 is 32.0 Å². The lowest BCUT2D eigenvalue weighted by Crippen LogP contribution is -2.46. The first-order valence-corrected chi connectivity index (χ1v) is 19.2. The van der Waals surface area contributed by atoms with Crippen molar-refractivity contribution in [2.75, 3.05) is 31.8 Å². The largest absolute Gasteiger partial charge is 0.756 e. The average molecular weight is 816 g/mol. The minimum Gasteiger partial charge on any atom is -0.756 e. The molecule has 0 amide bonds. The summed E-state index contributed by atoms with van der Waals surface area (Å²) in [6.07, 6.45) is -9.88. The van der Waals surface area contributed by atoms with E-state index in [9.17, 15) is 53.3 Å². The van der Waals surface area contributed by atoms with Crippen molar-refractivity contribution in [2.45, 2.75) is 49.1 Å². The zero-order chi connectivity index (χ0) is 38.8. The lowest BCUT2D eigenvalue weighted by Gasteiger charge is -2.26. The van der Waals surface area contributed by atoms with E-state index in [0.29, 0.717) is 0 Å². The minimum absolute atomic E-state index is 0.00592. The molecule has 292 valence electrons. The van der Waals surface area contributed by atoms with Crippen LogP contribution in [-0.4, -0.2) is 116 Å². The summed E-state index contributed by atoms with van der Waals surface area (Å²) in [5.41, 5.74) is 9.61. The van der Waals surface area contributed by atoms with E-state index in [1.165, 1.54) is 29.6 Å². The topological polar surface area (TPSA) is 410 Å². The number of imidazole rings is 2. The van der Waals surface area contributed by atoms with Crippen molar-refractivity contribution < 1.29 is 80.1 Å². The first-order chi connectivity index (χ1) is 24.7. The van der Waals surface area contributed by atoms with E-state index in [2.05, 4.69) is 42.6 Å². The summed E-state index contributed by atoms with van der Waals surface area (Å²) in [4.78, 5) is 73.4. The lowest BCUT2D eigenvalue weighted by molar-refractivity contribution is -0.745. The molecule has 2 saturated heterocycles. The number of methoxy groups -OCH3 is 1. The molecule has 4 unspecified atom stereocenters. The molecule has 28 nitrogen and oxygen atoms in total. The molecule has 2 aliphatic rings. The molecule has 53 heavy (non-hydrogen) atoms. The number of hydrogen-bond donors (Lipinski definition) is 9. The first kappa shape index (κ1) is 39.2. The zero-order valence-electron chi connectivity index (χ0n) is 26.9. The van der Waals surface area contributed by atoms with Crippen molar-refractivity contribution in [3.05, 3.63) is 33.4 Å². The van der Waals surface area contributed by atoms with Gasteiger partial charge in [-0.2, -0.15) is 9.29 Å². The molecule has 0 radical (unpaired) electrons. The number of aliphatic hydroxyl groups is 3. The van der Waals surface area contributed by atoms with Gasteiger partial charge in [0.25, 0.3) is 24.9 Å². The summed E-state index contributed by atoms with van der Waals surface area (Å²) in [7, 11) is -15.0. The van der Waals surface area contributed by atoms with E-state index in [-0.39, 0.29) is 34.2 Å². The van der Waals surface area contributed by atoms with Crippen molar-refractivity contribution in [3.63, 3.8) is 0 Å². The average Bonchev–Trinajstić information content (AvgIpc) is 3.76. The van der Waals surface area contributed by atoms with Crippen LogP contribution in [0.3, 0.4) is 0 Å². The smallest absolute Gasteiger partial charge is 0.487 e. The summed E-state index contributed by atoms with van der Waals surface area (Å²) in [6.45, 7) is -2.16. The molecule has 0 spiro atoms. The fourth-order valence-electron chi connectivity index (χ4n) is 5.67. The van der Waals surface area contributed by atoms with Crippen LogP contribution in [0.5, 0.6) is 0 Å². The van der Waals surface area contributed by atoms with Crippen LogP contribution >= 0.6 is 23.5 Å². The minimum atomic E-state index is -6.05. The van der Waals surface area contributed by atoms with E-state index in [1.54, 1.807) is 0 Å². The molecule has 11 N–H and O–H groups in total. The third-order valence-electron chi connectivity index (χ3n) is 7.92. The van der Waals surface area contributed by atoms with Crippen LogP contribution in [0.25, 0.3) is 22.3 Å². The van der Waals surface area contributed by atoms with Gasteiger partial charge >= 0.3 is 21.3 Å². The fraction of sp³-hybridized carbons (Fsp3) is 0.545. The van der Waals surface area contributed by atoms with E-state index in [0.717, 1.165) is 10.9 Å². The van der Waals surface area contributed by atoms with E-state index in [4.69, 9.17) is 25.7 Å². The van der Waals surface area contributed by atoms with Crippen LogP contribution in [0.1, 0.15) is 12.5 Å². The van der Waals surface area contributed by atoms with Gasteiger partial charge in [0.1, 0.15) is 36.6 Å². The van der Waals surface area contributed by atoms with Crippen molar-refractivity contribution in [1.29, 1.82) is 0 Å². The summed E-state index contributed by atoms with van der Waals surface area (Å²) in [5, 5.41) is 31.8. The van der Waals surface area contributed by atoms with Crippen molar-refractivity contribution >= 4 is 57.7 Å². The number of nitrogens with two attached hydrogens (primary N) is 2. The maximum absolute atomic E-state index is 12.5. The number of aromatic amines is 2. The molecular formula is C22H31N10O18P3. The number of aromatic nitrogens is 8. The number of phosphoric ester groups is 2. The molecule has 11 atom stereocenters. The Morgan fingerprint density at radius 1 is 0.943 bits per heavy atom. The van der Waals surface area contributed by atoms with Gasteiger partial charge in [-0.05, 0) is 0 Å². The highest BCUT2D eigenvalue weighted by atomic mass is 31.3. The van der Waals surface area contributed by atoms with Gasteiger partial charge in [0.05, 0.1) is 26.6 Å². The molecular weight excluding hydrogens is 785 g/mol. The highest BCUT2D eigenvalue weighted by molar-refractivity contribution is 7.66. The number of ether oxygens (including phenoxy) is 3. The SMILES string of the molecule is CO[C@@H]1[C@H](O)[C@@H](COP(=O)(O)OP(=O)(O)OP(=O)([O-])OC[C@H]2OC([n+]3cn(C)c4c(=O)[nH]c(N)nc43)[C@H](O)[C@@H]2O)O[C@H]1n1cnc2c(=O)[nH]c(N)nc21. The third kappa shape index (κ3) is 7.85. The number of nitrogens with zero attached hydrogens (tertiary/aromatic N) is 6. The van der Waals surface area contributed by atoms with Gasteiger partial charge < -0.3 is 60.2 Å². The molecule has 6 heterocycles. The van der Waals surface area contributed by atoms with Crippen LogP contribution in [0.4, 0.5) is 11.9 Å². The number of anilines is 2.